The Kier molecular flexibility index (Phi) is 7.38. The molecule has 34 heavy (non-hydrogen) atoms. The van der Waals surface area contributed by atoms with Crippen LogP contribution in [0.3, 0.4) is 0 Å². The van der Waals surface area contributed by atoms with E-state index in [1.807, 2.05) is 31.2 Å². The fourth-order valence-corrected chi connectivity index (χ4v) is 5.93. The molecule has 2 saturated heterocycles. The number of nitrogens with one attached hydrogen (secondary N) is 1. The average Bonchev–Trinajstić information content (AvgIpc) is 3.23. The van der Waals surface area contributed by atoms with Crippen LogP contribution in [-0.2, 0) is 0 Å². The first-order valence-corrected chi connectivity index (χ1v) is 13.2. The number of hydrogen-bond acceptors (Lipinski definition) is 5. The number of carbonyl (C=O) groups excluding carboxylic acids is 1. The molecule has 1 amide bonds. The molecule has 1 aromatic heterocycles. The Labute approximate surface area is 202 Å². The van der Waals surface area contributed by atoms with Crippen LogP contribution in [0, 0.1) is 12.8 Å². The SMILES string of the molecule is Cc1cc(OC(=O)NC2CCCCC2)n(-c2ccc(OCC3CCCN4CCCCC34)cc2)n1. The molecule has 7 nitrogen and oxygen atoms in total. The Bertz CT molecular complexity index is 949. The largest absolute Gasteiger partial charge is 0.493 e. The van der Waals surface area contributed by atoms with Crippen LogP contribution in [0.15, 0.2) is 30.3 Å². The predicted molar refractivity (Wildman–Crippen MR) is 132 cm³/mol. The van der Waals surface area contributed by atoms with Crippen LogP contribution in [0.5, 0.6) is 11.6 Å². The molecule has 0 radical (unpaired) electrons. The number of aryl methyl sites for hydroxylation is 1. The van der Waals surface area contributed by atoms with Crippen molar-refractivity contribution in [3.05, 3.63) is 36.0 Å². The van der Waals surface area contributed by atoms with Gasteiger partial charge in [-0.15, -0.1) is 0 Å². The van der Waals surface area contributed by atoms with E-state index in [4.69, 9.17) is 9.47 Å². The Morgan fingerprint density at radius 2 is 1.76 bits per heavy atom. The number of fused-ring (bicyclic) bond motifs is 1. The first-order valence-electron chi connectivity index (χ1n) is 13.2. The highest BCUT2D eigenvalue weighted by atomic mass is 16.6. The summed E-state index contributed by atoms with van der Waals surface area (Å²) in [6, 6.07) is 10.6. The van der Waals surface area contributed by atoms with Crippen LogP contribution >= 0.6 is 0 Å². The molecule has 2 unspecified atom stereocenters. The molecule has 2 aromatic rings. The summed E-state index contributed by atoms with van der Waals surface area (Å²) < 4.78 is 13.5. The van der Waals surface area contributed by atoms with E-state index in [2.05, 4.69) is 15.3 Å². The average molecular weight is 467 g/mol. The summed E-state index contributed by atoms with van der Waals surface area (Å²) >= 11 is 0. The minimum Gasteiger partial charge on any atom is -0.493 e. The Morgan fingerprint density at radius 3 is 2.59 bits per heavy atom. The van der Waals surface area contributed by atoms with Crippen LogP contribution in [0.25, 0.3) is 5.69 Å². The maximum absolute atomic E-state index is 12.5. The number of benzene rings is 1. The monoisotopic (exact) mass is 466 g/mol. The molecular formula is C27H38N4O3. The second-order valence-corrected chi connectivity index (χ2v) is 10.2. The summed E-state index contributed by atoms with van der Waals surface area (Å²) in [6.45, 7) is 5.18. The lowest BCUT2D eigenvalue weighted by atomic mass is 9.84. The van der Waals surface area contributed by atoms with Gasteiger partial charge >= 0.3 is 6.09 Å². The van der Waals surface area contributed by atoms with Crippen molar-refractivity contribution in [1.82, 2.24) is 20.0 Å². The first-order chi connectivity index (χ1) is 16.7. The zero-order valence-corrected chi connectivity index (χ0v) is 20.4. The molecular weight excluding hydrogens is 428 g/mol. The van der Waals surface area contributed by atoms with Crippen molar-refractivity contribution in [2.24, 2.45) is 5.92 Å². The lowest BCUT2D eigenvalue weighted by Crippen LogP contribution is -2.49. The quantitative estimate of drug-likeness (QED) is 0.630. The molecule has 7 heteroatoms. The molecule has 3 fully saturated rings. The van der Waals surface area contributed by atoms with Crippen molar-refractivity contribution in [3.8, 4) is 17.3 Å². The number of amides is 1. The van der Waals surface area contributed by atoms with Crippen LogP contribution in [0.1, 0.15) is 69.9 Å². The third kappa shape index (κ3) is 5.57. The van der Waals surface area contributed by atoms with Gasteiger partial charge in [-0.3, -0.25) is 4.90 Å². The lowest BCUT2D eigenvalue weighted by Gasteiger charge is -2.44. The van der Waals surface area contributed by atoms with Gasteiger partial charge in [0, 0.05) is 24.1 Å². The molecule has 1 N–H and O–H groups in total. The van der Waals surface area contributed by atoms with E-state index in [1.54, 1.807) is 10.7 Å². The van der Waals surface area contributed by atoms with E-state index in [-0.39, 0.29) is 6.04 Å². The minimum absolute atomic E-state index is 0.208. The fraction of sp³-hybridized carbons (Fsp3) is 0.630. The third-order valence-corrected chi connectivity index (χ3v) is 7.70. The van der Waals surface area contributed by atoms with Crippen LogP contribution in [0.2, 0.25) is 0 Å². The van der Waals surface area contributed by atoms with Gasteiger partial charge in [-0.1, -0.05) is 25.7 Å². The highest BCUT2D eigenvalue weighted by Crippen LogP contribution is 2.31. The van der Waals surface area contributed by atoms with Gasteiger partial charge in [0.25, 0.3) is 0 Å². The van der Waals surface area contributed by atoms with Crippen LogP contribution in [0.4, 0.5) is 4.79 Å². The zero-order valence-electron chi connectivity index (χ0n) is 20.4. The second-order valence-electron chi connectivity index (χ2n) is 10.2. The van der Waals surface area contributed by atoms with E-state index in [1.165, 1.54) is 51.6 Å². The van der Waals surface area contributed by atoms with Crippen LogP contribution in [-0.4, -0.2) is 52.6 Å². The Balaban J connectivity index is 1.19. The maximum Gasteiger partial charge on any atom is 0.414 e. The Morgan fingerprint density at radius 1 is 1.00 bits per heavy atom. The van der Waals surface area contributed by atoms with Crippen molar-refractivity contribution in [2.75, 3.05) is 19.7 Å². The van der Waals surface area contributed by atoms with Gasteiger partial charge in [0.05, 0.1) is 18.0 Å². The molecule has 5 rings (SSSR count). The van der Waals surface area contributed by atoms with Gasteiger partial charge in [-0.2, -0.15) is 5.10 Å². The molecule has 3 aliphatic rings. The van der Waals surface area contributed by atoms with Crippen LogP contribution < -0.4 is 14.8 Å². The second kappa shape index (κ2) is 10.8. The van der Waals surface area contributed by atoms with Gasteiger partial charge in [-0.25, -0.2) is 9.48 Å². The van der Waals surface area contributed by atoms with Gasteiger partial charge in [0.15, 0.2) is 0 Å². The number of hydrogen-bond donors (Lipinski definition) is 1. The summed E-state index contributed by atoms with van der Waals surface area (Å²) in [4.78, 5) is 15.1. The summed E-state index contributed by atoms with van der Waals surface area (Å²) in [6.07, 6.45) is 11.7. The van der Waals surface area contributed by atoms with Gasteiger partial charge in [0.2, 0.25) is 5.88 Å². The maximum atomic E-state index is 12.5. The van der Waals surface area contributed by atoms with Gasteiger partial charge in [-0.05, 0) is 82.8 Å². The van der Waals surface area contributed by atoms with Gasteiger partial charge < -0.3 is 14.8 Å². The van der Waals surface area contributed by atoms with Crippen molar-refractivity contribution in [1.29, 1.82) is 0 Å². The molecule has 0 bridgehead atoms. The minimum atomic E-state index is -0.405. The summed E-state index contributed by atoms with van der Waals surface area (Å²) in [5, 5.41) is 7.55. The fourth-order valence-electron chi connectivity index (χ4n) is 5.93. The number of ether oxygens (including phenoxy) is 2. The number of rotatable bonds is 6. The van der Waals surface area contributed by atoms with E-state index in [0.717, 1.165) is 49.4 Å². The summed E-state index contributed by atoms with van der Waals surface area (Å²) in [5.41, 5.74) is 1.65. The molecule has 1 aromatic carbocycles. The smallest absolute Gasteiger partial charge is 0.414 e. The molecule has 3 heterocycles. The van der Waals surface area contributed by atoms with E-state index < -0.39 is 6.09 Å². The van der Waals surface area contributed by atoms with Crippen molar-refractivity contribution in [2.45, 2.75) is 83.2 Å². The molecule has 184 valence electrons. The zero-order chi connectivity index (χ0) is 23.3. The van der Waals surface area contributed by atoms with Gasteiger partial charge in [0.1, 0.15) is 5.75 Å². The molecule has 0 spiro atoms. The van der Waals surface area contributed by atoms with Crippen molar-refractivity contribution < 1.29 is 14.3 Å². The highest BCUT2D eigenvalue weighted by molar-refractivity contribution is 5.70. The molecule has 1 aliphatic carbocycles. The third-order valence-electron chi connectivity index (χ3n) is 7.70. The highest BCUT2D eigenvalue weighted by Gasteiger charge is 2.33. The number of carbonyl (C=O) groups is 1. The predicted octanol–water partition coefficient (Wildman–Crippen LogP) is 5.25. The van der Waals surface area contributed by atoms with E-state index >= 15 is 0 Å². The topological polar surface area (TPSA) is 68.6 Å². The van der Waals surface area contributed by atoms with E-state index in [9.17, 15) is 4.79 Å². The summed E-state index contributed by atoms with van der Waals surface area (Å²) in [7, 11) is 0. The number of aromatic nitrogens is 2. The molecule has 2 atom stereocenters. The van der Waals surface area contributed by atoms with Crippen molar-refractivity contribution >= 4 is 6.09 Å². The number of piperidine rings is 2. The lowest BCUT2D eigenvalue weighted by molar-refractivity contribution is 0.0366. The Hall–Kier alpha value is -2.54. The summed E-state index contributed by atoms with van der Waals surface area (Å²) in [5.74, 6) is 1.92. The normalized spacial score (nSPS) is 23.8. The first kappa shape index (κ1) is 23.2. The molecule has 1 saturated carbocycles. The van der Waals surface area contributed by atoms with E-state index in [0.29, 0.717) is 17.8 Å². The molecule has 2 aliphatic heterocycles. The number of nitrogens with zero attached hydrogens (tertiary/aromatic N) is 3. The van der Waals surface area contributed by atoms with Crippen molar-refractivity contribution in [3.63, 3.8) is 0 Å². The standard InChI is InChI=1S/C27H38N4O3/c1-20-18-26(34-27(32)28-22-9-3-2-4-10-22)31(29-20)23-12-14-24(15-13-23)33-19-21-8-7-17-30-16-6-5-11-25(21)30/h12-15,18,21-22,25H,2-11,16-17,19H2,1H3,(H,28,32).